The lowest BCUT2D eigenvalue weighted by molar-refractivity contribution is 0.0857. The number of amidine groups is 1. The predicted octanol–water partition coefficient (Wildman–Crippen LogP) is 4.75. The Bertz CT molecular complexity index is 826. The van der Waals surface area contributed by atoms with Crippen LogP contribution in [0.2, 0.25) is 10.0 Å². The second-order valence-corrected chi connectivity index (χ2v) is 7.12. The molecule has 2 aromatic carbocycles. The second-order valence-electron chi connectivity index (χ2n) is 5.36. The molecule has 0 unspecified atom stereocenters. The molecule has 25 heavy (non-hydrogen) atoms. The van der Waals surface area contributed by atoms with Crippen LogP contribution in [0.15, 0.2) is 47.5 Å². The van der Waals surface area contributed by atoms with Crippen LogP contribution in [0.4, 0.5) is 0 Å². The summed E-state index contributed by atoms with van der Waals surface area (Å²) in [5.41, 5.74) is 1.56. The maximum Gasteiger partial charge on any atom is 0.263 e. The monoisotopic (exact) mass is 394 g/mol. The Morgan fingerprint density at radius 3 is 2.80 bits per heavy atom. The van der Waals surface area contributed by atoms with Gasteiger partial charge in [-0.2, -0.15) is 0 Å². The van der Waals surface area contributed by atoms with Crippen molar-refractivity contribution in [3.63, 3.8) is 0 Å². The van der Waals surface area contributed by atoms with Crippen molar-refractivity contribution < 1.29 is 9.53 Å². The molecule has 0 radical (unpaired) electrons. The number of carbonyl (C=O) groups is 1. The van der Waals surface area contributed by atoms with Gasteiger partial charge in [-0.1, -0.05) is 53.2 Å². The van der Waals surface area contributed by atoms with E-state index in [1.165, 1.54) is 11.8 Å². The largest absolute Gasteiger partial charge is 0.496 e. The van der Waals surface area contributed by atoms with Gasteiger partial charge in [0.2, 0.25) is 0 Å². The zero-order valence-corrected chi connectivity index (χ0v) is 15.9. The predicted molar refractivity (Wildman–Crippen MR) is 104 cm³/mol. The summed E-state index contributed by atoms with van der Waals surface area (Å²) in [4.78, 5) is 19.0. The van der Waals surface area contributed by atoms with Gasteiger partial charge >= 0.3 is 0 Å². The van der Waals surface area contributed by atoms with Gasteiger partial charge in [0, 0.05) is 12.3 Å². The van der Waals surface area contributed by atoms with E-state index in [1.54, 1.807) is 30.2 Å². The highest BCUT2D eigenvalue weighted by molar-refractivity contribution is 8.13. The van der Waals surface area contributed by atoms with Gasteiger partial charge in [0.25, 0.3) is 5.91 Å². The molecule has 1 aliphatic heterocycles. The van der Waals surface area contributed by atoms with Crippen molar-refractivity contribution in [1.29, 1.82) is 0 Å². The van der Waals surface area contributed by atoms with Gasteiger partial charge in [0.1, 0.15) is 5.75 Å². The van der Waals surface area contributed by atoms with Gasteiger partial charge < -0.3 is 4.74 Å². The van der Waals surface area contributed by atoms with Gasteiger partial charge in [0.15, 0.2) is 5.17 Å². The third kappa shape index (κ3) is 4.11. The smallest absolute Gasteiger partial charge is 0.263 e. The number of thioether (sulfide) groups is 1. The number of carbonyl (C=O) groups excluding carboxylic acids is 1. The van der Waals surface area contributed by atoms with Crippen LogP contribution in [0.5, 0.6) is 5.75 Å². The fourth-order valence-corrected chi connectivity index (χ4v) is 3.79. The molecule has 2 aromatic rings. The number of hydrogen-bond donors (Lipinski definition) is 0. The van der Waals surface area contributed by atoms with E-state index in [-0.39, 0.29) is 5.91 Å². The van der Waals surface area contributed by atoms with Crippen molar-refractivity contribution in [3.05, 3.63) is 63.6 Å². The average molecular weight is 395 g/mol. The van der Waals surface area contributed by atoms with Crippen molar-refractivity contribution in [1.82, 2.24) is 4.90 Å². The summed E-state index contributed by atoms with van der Waals surface area (Å²) in [5, 5.41) is 1.76. The maximum atomic E-state index is 12.9. The van der Waals surface area contributed by atoms with Crippen LogP contribution in [0.3, 0.4) is 0 Å². The number of benzene rings is 2. The van der Waals surface area contributed by atoms with Crippen LogP contribution >= 0.6 is 35.0 Å². The number of aliphatic imine (C=N–C) groups is 1. The standard InChI is InChI=1S/C18H16Cl2N2O2S/c1-24-16-5-3-2-4-13(16)17(23)22-9-8-21-18(22)25-11-12-6-7-14(19)15(20)10-12/h2-7,10H,8-9,11H2,1H3. The number of ether oxygens (including phenoxy) is 1. The minimum Gasteiger partial charge on any atom is -0.496 e. The number of methoxy groups -OCH3 is 1. The molecular formula is C18H16Cl2N2O2S. The number of rotatable bonds is 4. The first-order valence-electron chi connectivity index (χ1n) is 7.66. The van der Waals surface area contributed by atoms with E-state index in [0.29, 0.717) is 45.4 Å². The minimum absolute atomic E-state index is 0.102. The molecule has 130 valence electrons. The van der Waals surface area contributed by atoms with E-state index < -0.39 is 0 Å². The molecule has 0 spiro atoms. The first-order valence-corrected chi connectivity index (χ1v) is 9.40. The highest BCUT2D eigenvalue weighted by Crippen LogP contribution is 2.27. The Labute approximate surface area is 160 Å². The number of nitrogens with zero attached hydrogens (tertiary/aromatic N) is 2. The van der Waals surface area contributed by atoms with Gasteiger partial charge in [-0.05, 0) is 29.8 Å². The third-order valence-corrected chi connectivity index (χ3v) is 5.56. The van der Waals surface area contributed by atoms with Crippen LogP contribution in [0.25, 0.3) is 0 Å². The SMILES string of the molecule is COc1ccccc1C(=O)N1CCN=C1SCc1ccc(Cl)c(Cl)c1. The summed E-state index contributed by atoms with van der Waals surface area (Å²) in [7, 11) is 1.56. The number of para-hydroxylation sites is 1. The summed E-state index contributed by atoms with van der Waals surface area (Å²) in [5.74, 6) is 1.12. The maximum absolute atomic E-state index is 12.9. The van der Waals surface area contributed by atoms with Crippen LogP contribution in [-0.2, 0) is 5.75 Å². The summed E-state index contributed by atoms with van der Waals surface area (Å²) in [6, 6.07) is 12.7. The molecule has 0 fully saturated rings. The molecule has 7 heteroatoms. The average Bonchev–Trinajstić information content (AvgIpc) is 3.10. The zero-order valence-electron chi connectivity index (χ0n) is 13.5. The Hall–Kier alpha value is -1.69. The highest BCUT2D eigenvalue weighted by atomic mass is 35.5. The second kappa shape index (κ2) is 8.13. The fraction of sp³-hybridized carbons (Fsp3) is 0.222. The van der Waals surface area contributed by atoms with E-state index in [0.717, 1.165) is 5.56 Å². The van der Waals surface area contributed by atoms with E-state index in [2.05, 4.69) is 4.99 Å². The van der Waals surface area contributed by atoms with Gasteiger partial charge in [-0.25, -0.2) is 0 Å². The molecule has 1 heterocycles. The Morgan fingerprint density at radius 1 is 1.24 bits per heavy atom. The minimum atomic E-state index is -0.102. The molecule has 1 aliphatic rings. The van der Waals surface area contributed by atoms with E-state index in [4.69, 9.17) is 27.9 Å². The number of amides is 1. The summed E-state index contributed by atoms with van der Waals surface area (Å²) >= 11 is 13.5. The topological polar surface area (TPSA) is 41.9 Å². The first-order chi connectivity index (χ1) is 12.1. The lowest BCUT2D eigenvalue weighted by Crippen LogP contribution is -2.33. The van der Waals surface area contributed by atoms with Gasteiger partial charge in [-0.15, -0.1) is 0 Å². The molecule has 4 nitrogen and oxygen atoms in total. The fourth-order valence-electron chi connectivity index (χ4n) is 2.48. The molecule has 0 N–H and O–H groups in total. The molecule has 0 aliphatic carbocycles. The quantitative estimate of drug-likeness (QED) is 0.751. The van der Waals surface area contributed by atoms with Crippen LogP contribution in [0, 0.1) is 0 Å². The van der Waals surface area contributed by atoms with Crippen molar-refractivity contribution in [2.45, 2.75) is 5.75 Å². The zero-order chi connectivity index (χ0) is 17.8. The normalized spacial score (nSPS) is 13.7. The van der Waals surface area contributed by atoms with Crippen molar-refractivity contribution >= 4 is 46.0 Å². The van der Waals surface area contributed by atoms with Crippen LogP contribution < -0.4 is 4.74 Å². The lowest BCUT2D eigenvalue weighted by Gasteiger charge is -2.19. The number of hydrogen-bond acceptors (Lipinski definition) is 4. The van der Waals surface area contributed by atoms with Gasteiger partial charge in [-0.3, -0.25) is 14.7 Å². The highest BCUT2D eigenvalue weighted by Gasteiger charge is 2.27. The summed E-state index contributed by atoms with van der Waals surface area (Å²) in [6.07, 6.45) is 0. The van der Waals surface area contributed by atoms with Crippen LogP contribution in [0.1, 0.15) is 15.9 Å². The molecule has 0 saturated heterocycles. The molecule has 0 aromatic heterocycles. The van der Waals surface area contributed by atoms with Gasteiger partial charge in [0.05, 0.1) is 29.3 Å². The molecule has 1 amide bonds. The number of halogens is 2. The molecule has 3 rings (SSSR count). The van der Waals surface area contributed by atoms with E-state index >= 15 is 0 Å². The Morgan fingerprint density at radius 2 is 2.04 bits per heavy atom. The molecular weight excluding hydrogens is 379 g/mol. The van der Waals surface area contributed by atoms with Crippen LogP contribution in [-0.4, -0.2) is 36.2 Å². The molecule has 0 atom stereocenters. The first kappa shape index (κ1) is 18.1. The Balaban J connectivity index is 1.72. The van der Waals surface area contributed by atoms with E-state index in [9.17, 15) is 4.79 Å². The third-order valence-electron chi connectivity index (χ3n) is 3.74. The molecule has 0 saturated carbocycles. The van der Waals surface area contributed by atoms with Crippen molar-refractivity contribution in [2.75, 3.05) is 20.2 Å². The lowest BCUT2D eigenvalue weighted by atomic mass is 10.2. The summed E-state index contributed by atoms with van der Waals surface area (Å²) in [6.45, 7) is 1.17. The van der Waals surface area contributed by atoms with Crippen molar-refractivity contribution in [2.24, 2.45) is 4.99 Å². The van der Waals surface area contributed by atoms with Crippen molar-refractivity contribution in [3.8, 4) is 5.75 Å². The summed E-state index contributed by atoms with van der Waals surface area (Å²) < 4.78 is 5.29. The Kier molecular flexibility index (Phi) is 5.89. The molecule has 0 bridgehead atoms. The van der Waals surface area contributed by atoms with E-state index in [1.807, 2.05) is 24.3 Å².